The highest BCUT2D eigenvalue weighted by Gasteiger charge is 2.62. The van der Waals surface area contributed by atoms with Crippen LogP contribution in [0.15, 0.2) is 5.16 Å². The molecule has 1 aliphatic rings. The van der Waals surface area contributed by atoms with E-state index in [1.165, 1.54) is 0 Å². The molecule has 4 N–H and O–H groups in total. The number of oxime groups is 1. The van der Waals surface area contributed by atoms with Gasteiger partial charge in [0.15, 0.2) is 0 Å². The maximum Gasteiger partial charge on any atom is 0.406 e. The highest BCUT2D eigenvalue weighted by Crippen LogP contribution is 2.48. The van der Waals surface area contributed by atoms with Crippen LogP contribution in [-0.4, -0.2) is 29.3 Å². The largest absolute Gasteiger partial charge is 0.409 e. The van der Waals surface area contributed by atoms with Gasteiger partial charge in [-0.15, -0.1) is 0 Å². The van der Waals surface area contributed by atoms with Crippen LogP contribution in [0.2, 0.25) is 0 Å². The number of rotatable bonds is 5. The van der Waals surface area contributed by atoms with Gasteiger partial charge in [-0.3, -0.25) is 0 Å². The lowest BCUT2D eigenvalue weighted by Gasteiger charge is -2.26. The number of alkyl halides is 3. The van der Waals surface area contributed by atoms with Crippen molar-refractivity contribution >= 4 is 5.84 Å². The van der Waals surface area contributed by atoms with Crippen LogP contribution in [0.4, 0.5) is 13.2 Å². The first-order valence-corrected chi connectivity index (χ1v) is 5.44. The summed E-state index contributed by atoms with van der Waals surface area (Å²) in [4.78, 5) is 0. The summed E-state index contributed by atoms with van der Waals surface area (Å²) in [5.41, 5.74) is 3.13. The number of nitrogens with zero attached hydrogens (tertiary/aromatic N) is 1. The molecule has 100 valence electrons. The summed E-state index contributed by atoms with van der Waals surface area (Å²) in [7, 11) is 0. The summed E-state index contributed by atoms with van der Waals surface area (Å²) in [6.07, 6.45) is -3.57. The van der Waals surface area contributed by atoms with Crippen molar-refractivity contribution in [1.29, 1.82) is 0 Å². The summed E-state index contributed by atoms with van der Waals surface area (Å²) in [5, 5.41) is 13.9. The summed E-state index contributed by atoms with van der Waals surface area (Å²) in [6, 6.07) is 0. The summed E-state index contributed by atoms with van der Waals surface area (Å²) in [6.45, 7) is 3.62. The van der Waals surface area contributed by atoms with E-state index < -0.39 is 17.1 Å². The fourth-order valence-corrected chi connectivity index (χ4v) is 1.56. The van der Waals surface area contributed by atoms with Crippen molar-refractivity contribution in [3.63, 3.8) is 0 Å². The molecule has 0 bridgehead atoms. The van der Waals surface area contributed by atoms with Crippen LogP contribution in [0, 0.1) is 5.41 Å². The second-order valence-corrected chi connectivity index (χ2v) is 5.13. The fourth-order valence-electron chi connectivity index (χ4n) is 1.56. The molecular formula is C10H18F3N3O. The lowest BCUT2D eigenvalue weighted by Crippen LogP contribution is -2.46. The molecule has 1 rings (SSSR count). The van der Waals surface area contributed by atoms with Gasteiger partial charge in [0, 0.05) is 5.41 Å². The van der Waals surface area contributed by atoms with Gasteiger partial charge >= 0.3 is 6.18 Å². The fraction of sp³-hybridized carbons (Fsp3) is 0.900. The van der Waals surface area contributed by atoms with Crippen molar-refractivity contribution < 1.29 is 18.4 Å². The third-order valence-corrected chi connectivity index (χ3v) is 3.31. The maximum atomic E-state index is 12.6. The molecule has 0 radical (unpaired) electrons. The summed E-state index contributed by atoms with van der Waals surface area (Å²) < 4.78 is 37.8. The van der Waals surface area contributed by atoms with Crippen LogP contribution in [-0.2, 0) is 0 Å². The van der Waals surface area contributed by atoms with E-state index in [4.69, 9.17) is 10.9 Å². The quantitative estimate of drug-likeness (QED) is 0.303. The second kappa shape index (κ2) is 4.36. The van der Waals surface area contributed by atoms with Crippen molar-refractivity contribution in [2.24, 2.45) is 16.3 Å². The van der Waals surface area contributed by atoms with E-state index in [1.807, 2.05) is 0 Å². The molecule has 4 nitrogen and oxygen atoms in total. The first-order chi connectivity index (χ1) is 7.65. The smallest absolute Gasteiger partial charge is 0.406 e. The Kier molecular flexibility index (Phi) is 3.61. The monoisotopic (exact) mass is 253 g/mol. The van der Waals surface area contributed by atoms with E-state index in [1.54, 1.807) is 13.8 Å². The average molecular weight is 253 g/mol. The lowest BCUT2D eigenvalue weighted by atomic mass is 9.88. The Morgan fingerprint density at radius 2 is 1.94 bits per heavy atom. The minimum Gasteiger partial charge on any atom is -0.409 e. The topological polar surface area (TPSA) is 70.6 Å². The molecule has 0 aromatic heterocycles. The van der Waals surface area contributed by atoms with Gasteiger partial charge < -0.3 is 16.3 Å². The van der Waals surface area contributed by atoms with Gasteiger partial charge in [0.1, 0.15) is 11.4 Å². The number of halogens is 3. The van der Waals surface area contributed by atoms with E-state index in [-0.39, 0.29) is 25.2 Å². The average Bonchev–Trinajstić information content (AvgIpc) is 2.96. The zero-order valence-corrected chi connectivity index (χ0v) is 9.93. The molecule has 0 atom stereocenters. The molecule has 0 spiro atoms. The van der Waals surface area contributed by atoms with Gasteiger partial charge in [-0.2, -0.15) is 13.2 Å². The zero-order chi connectivity index (χ0) is 13.3. The molecule has 0 unspecified atom stereocenters. The molecule has 0 aromatic carbocycles. The van der Waals surface area contributed by atoms with E-state index in [2.05, 4.69) is 10.5 Å². The summed E-state index contributed by atoms with van der Waals surface area (Å²) in [5.74, 6) is 0.0242. The molecule has 0 amide bonds. The molecule has 0 aromatic rings. The standard InChI is InChI=1S/C10H18F3N3O/c1-8(2,7(14)16-17)5-6-15-9(3-4-9)10(11,12)13/h15,17H,3-6H2,1-2H3,(H2,14,16). The highest BCUT2D eigenvalue weighted by molar-refractivity contribution is 5.85. The SMILES string of the molecule is CC(C)(CCNC1(C(F)(F)F)CC1)C(N)=NO. The molecule has 0 saturated heterocycles. The molecule has 0 heterocycles. The predicted octanol–water partition coefficient (Wildman–Crippen LogP) is 1.83. The Morgan fingerprint density at radius 1 is 1.41 bits per heavy atom. The van der Waals surface area contributed by atoms with Crippen molar-refractivity contribution in [1.82, 2.24) is 5.32 Å². The van der Waals surface area contributed by atoms with Crippen LogP contribution < -0.4 is 11.1 Å². The van der Waals surface area contributed by atoms with Crippen molar-refractivity contribution in [3.05, 3.63) is 0 Å². The molecule has 7 heteroatoms. The van der Waals surface area contributed by atoms with Crippen molar-refractivity contribution in [2.45, 2.75) is 44.8 Å². The van der Waals surface area contributed by atoms with E-state index in [0.29, 0.717) is 6.42 Å². The Bertz CT molecular complexity index is 308. The Labute approximate surface area is 98.0 Å². The number of amidine groups is 1. The Balaban J connectivity index is 2.44. The third kappa shape index (κ3) is 3.02. The van der Waals surface area contributed by atoms with Gasteiger partial charge in [0.05, 0.1) is 0 Å². The van der Waals surface area contributed by atoms with Gasteiger partial charge in [-0.25, -0.2) is 0 Å². The minimum absolute atomic E-state index is 0.0242. The molecule has 0 aliphatic heterocycles. The van der Waals surface area contributed by atoms with Gasteiger partial charge in [0.2, 0.25) is 0 Å². The third-order valence-electron chi connectivity index (χ3n) is 3.31. The molecule has 1 saturated carbocycles. The number of nitrogens with two attached hydrogens (primary N) is 1. The second-order valence-electron chi connectivity index (χ2n) is 5.13. The van der Waals surface area contributed by atoms with Crippen LogP contribution >= 0.6 is 0 Å². The Morgan fingerprint density at radius 3 is 2.29 bits per heavy atom. The molecule has 17 heavy (non-hydrogen) atoms. The van der Waals surface area contributed by atoms with Gasteiger partial charge in [0.25, 0.3) is 0 Å². The molecular weight excluding hydrogens is 235 g/mol. The van der Waals surface area contributed by atoms with Crippen LogP contribution in [0.3, 0.4) is 0 Å². The van der Waals surface area contributed by atoms with Crippen LogP contribution in [0.5, 0.6) is 0 Å². The first-order valence-electron chi connectivity index (χ1n) is 5.44. The maximum absolute atomic E-state index is 12.6. The van der Waals surface area contributed by atoms with Crippen molar-refractivity contribution in [3.8, 4) is 0 Å². The van der Waals surface area contributed by atoms with Gasteiger partial charge in [-0.05, 0) is 25.8 Å². The van der Waals surface area contributed by atoms with Crippen LogP contribution in [0.25, 0.3) is 0 Å². The highest BCUT2D eigenvalue weighted by atomic mass is 19.4. The number of hydrogen-bond acceptors (Lipinski definition) is 3. The van der Waals surface area contributed by atoms with E-state index in [0.717, 1.165) is 0 Å². The zero-order valence-electron chi connectivity index (χ0n) is 9.93. The predicted molar refractivity (Wildman–Crippen MR) is 57.8 cm³/mol. The van der Waals surface area contributed by atoms with E-state index >= 15 is 0 Å². The number of hydrogen-bond donors (Lipinski definition) is 3. The van der Waals surface area contributed by atoms with Gasteiger partial charge in [-0.1, -0.05) is 19.0 Å². The van der Waals surface area contributed by atoms with Crippen molar-refractivity contribution in [2.75, 3.05) is 6.54 Å². The normalized spacial score (nSPS) is 20.4. The van der Waals surface area contributed by atoms with Crippen LogP contribution in [0.1, 0.15) is 33.1 Å². The summed E-state index contributed by atoms with van der Waals surface area (Å²) >= 11 is 0. The minimum atomic E-state index is -4.20. The lowest BCUT2D eigenvalue weighted by molar-refractivity contribution is -0.165. The number of nitrogens with one attached hydrogen (secondary N) is 1. The Hall–Kier alpha value is -0.980. The van der Waals surface area contributed by atoms with E-state index in [9.17, 15) is 13.2 Å². The first kappa shape index (κ1) is 14.1. The molecule has 1 fully saturated rings. The molecule has 1 aliphatic carbocycles.